The molecular weight excluding hydrogens is 314 g/mol. The van der Waals surface area contributed by atoms with E-state index in [1.165, 1.54) is 5.01 Å². The largest absolute Gasteiger partial charge is 0.347 e. The summed E-state index contributed by atoms with van der Waals surface area (Å²) in [7, 11) is 1.79. The number of hydrogen-bond donors (Lipinski definition) is 1. The maximum atomic E-state index is 12.8. The van der Waals surface area contributed by atoms with Crippen LogP contribution >= 0.6 is 11.6 Å². The summed E-state index contributed by atoms with van der Waals surface area (Å²) in [6.45, 7) is 5.57. The van der Waals surface area contributed by atoms with Crippen molar-refractivity contribution >= 4 is 23.4 Å². The zero-order valence-electron chi connectivity index (χ0n) is 13.6. The lowest BCUT2D eigenvalue weighted by Crippen LogP contribution is -2.56. The Kier molecular flexibility index (Phi) is 4.80. The van der Waals surface area contributed by atoms with Gasteiger partial charge in [-0.1, -0.05) is 11.6 Å². The third kappa shape index (κ3) is 3.93. The van der Waals surface area contributed by atoms with Gasteiger partial charge in [0, 0.05) is 23.8 Å². The van der Waals surface area contributed by atoms with Crippen molar-refractivity contribution < 1.29 is 9.59 Å². The number of carbonyl (C=O) groups excluding carboxylic acids is 2. The third-order valence-electron chi connectivity index (χ3n) is 3.36. The fourth-order valence-corrected chi connectivity index (χ4v) is 2.21. The summed E-state index contributed by atoms with van der Waals surface area (Å²) in [4.78, 5) is 25.2. The standard InChI is InChI=1S/C17H20ClN3O2/c1-17(2,3)21(16(23)14-6-5-11-20(14)4)19-15(22)12-7-9-13(18)10-8-12/h5-11H,1-4H3,(H,19,22). The Bertz CT molecular complexity index is 714. The van der Waals surface area contributed by atoms with Crippen molar-refractivity contribution in [2.75, 3.05) is 0 Å². The summed E-state index contributed by atoms with van der Waals surface area (Å²) < 4.78 is 1.72. The first-order valence-corrected chi connectivity index (χ1v) is 7.60. The molecule has 6 heteroatoms. The molecule has 0 spiro atoms. The molecule has 2 aromatic rings. The van der Waals surface area contributed by atoms with Gasteiger partial charge >= 0.3 is 0 Å². The molecule has 0 unspecified atom stereocenters. The number of aromatic nitrogens is 1. The number of hydrogen-bond acceptors (Lipinski definition) is 2. The van der Waals surface area contributed by atoms with Gasteiger partial charge < -0.3 is 4.57 Å². The van der Waals surface area contributed by atoms with Gasteiger partial charge in [-0.05, 0) is 57.2 Å². The van der Waals surface area contributed by atoms with Crippen LogP contribution in [0, 0.1) is 0 Å². The van der Waals surface area contributed by atoms with E-state index in [-0.39, 0.29) is 11.8 Å². The van der Waals surface area contributed by atoms with Crippen molar-refractivity contribution in [3.05, 3.63) is 58.9 Å². The lowest BCUT2D eigenvalue weighted by molar-refractivity contribution is 0.0350. The van der Waals surface area contributed by atoms with E-state index in [0.717, 1.165) is 0 Å². The van der Waals surface area contributed by atoms with Crippen LogP contribution < -0.4 is 5.43 Å². The lowest BCUT2D eigenvalue weighted by atomic mass is 10.1. The van der Waals surface area contributed by atoms with Gasteiger partial charge in [0.25, 0.3) is 11.8 Å². The fraction of sp³-hybridized carbons (Fsp3) is 0.294. The molecule has 0 aliphatic rings. The number of aryl methyl sites for hydroxylation is 1. The average molecular weight is 334 g/mol. The average Bonchev–Trinajstić information content (AvgIpc) is 2.89. The summed E-state index contributed by atoms with van der Waals surface area (Å²) in [5, 5.41) is 1.90. The number of nitrogens with one attached hydrogen (secondary N) is 1. The molecule has 1 N–H and O–H groups in total. The van der Waals surface area contributed by atoms with Crippen molar-refractivity contribution in [3.8, 4) is 0 Å². The summed E-state index contributed by atoms with van der Waals surface area (Å²) >= 11 is 5.83. The van der Waals surface area contributed by atoms with E-state index < -0.39 is 5.54 Å². The highest BCUT2D eigenvalue weighted by molar-refractivity contribution is 6.30. The molecule has 0 saturated carbocycles. The highest BCUT2D eigenvalue weighted by Crippen LogP contribution is 2.16. The Balaban J connectivity index is 2.26. The maximum Gasteiger partial charge on any atom is 0.289 e. The van der Waals surface area contributed by atoms with E-state index in [1.54, 1.807) is 54.2 Å². The van der Waals surface area contributed by atoms with E-state index >= 15 is 0 Å². The van der Waals surface area contributed by atoms with E-state index in [4.69, 9.17) is 11.6 Å². The number of carbonyl (C=O) groups is 2. The van der Waals surface area contributed by atoms with Crippen LogP contribution in [0.4, 0.5) is 0 Å². The molecule has 2 amide bonds. The van der Waals surface area contributed by atoms with Crippen molar-refractivity contribution in [1.82, 2.24) is 15.0 Å². The highest BCUT2D eigenvalue weighted by atomic mass is 35.5. The summed E-state index contributed by atoms with van der Waals surface area (Å²) in [6, 6.07) is 10.0. The van der Waals surface area contributed by atoms with Gasteiger partial charge in [-0.3, -0.25) is 15.0 Å². The van der Waals surface area contributed by atoms with Gasteiger partial charge in [-0.2, -0.15) is 0 Å². The quantitative estimate of drug-likeness (QED) is 0.858. The van der Waals surface area contributed by atoms with Crippen LogP contribution in [0.15, 0.2) is 42.6 Å². The van der Waals surface area contributed by atoms with Crippen molar-refractivity contribution in [2.45, 2.75) is 26.3 Å². The molecule has 0 bridgehead atoms. The number of halogens is 1. The lowest BCUT2D eigenvalue weighted by Gasteiger charge is -2.35. The van der Waals surface area contributed by atoms with Crippen LogP contribution in [0.3, 0.4) is 0 Å². The number of nitrogens with zero attached hydrogens (tertiary/aromatic N) is 2. The Hall–Kier alpha value is -2.27. The van der Waals surface area contributed by atoms with Gasteiger partial charge in [-0.15, -0.1) is 0 Å². The predicted molar refractivity (Wildman–Crippen MR) is 90.3 cm³/mol. The van der Waals surface area contributed by atoms with Crippen LogP contribution in [0.2, 0.25) is 5.02 Å². The normalized spacial score (nSPS) is 11.2. The molecule has 122 valence electrons. The summed E-state index contributed by atoms with van der Waals surface area (Å²) in [5.41, 5.74) is 3.05. The van der Waals surface area contributed by atoms with Gasteiger partial charge in [0.05, 0.1) is 5.54 Å². The van der Waals surface area contributed by atoms with E-state index in [0.29, 0.717) is 16.3 Å². The molecule has 0 radical (unpaired) electrons. The molecule has 0 aliphatic heterocycles. The first kappa shape index (κ1) is 17.1. The van der Waals surface area contributed by atoms with Gasteiger partial charge in [-0.25, -0.2) is 5.01 Å². The van der Waals surface area contributed by atoms with Gasteiger partial charge in [0.15, 0.2) is 0 Å². The number of hydrazine groups is 1. The first-order valence-electron chi connectivity index (χ1n) is 7.22. The smallest absolute Gasteiger partial charge is 0.289 e. The molecule has 0 aliphatic carbocycles. The van der Waals surface area contributed by atoms with E-state index in [1.807, 2.05) is 20.8 Å². The fourth-order valence-electron chi connectivity index (χ4n) is 2.09. The van der Waals surface area contributed by atoms with Gasteiger partial charge in [0.1, 0.15) is 5.69 Å². The summed E-state index contributed by atoms with van der Waals surface area (Å²) in [6.07, 6.45) is 1.79. The predicted octanol–water partition coefficient (Wildman–Crippen LogP) is 3.26. The second kappa shape index (κ2) is 6.46. The van der Waals surface area contributed by atoms with Crippen molar-refractivity contribution in [1.29, 1.82) is 0 Å². The molecule has 1 aromatic carbocycles. The second-order valence-corrected chi connectivity index (χ2v) is 6.70. The number of rotatable bonds is 2. The Morgan fingerprint density at radius 3 is 2.22 bits per heavy atom. The molecule has 1 heterocycles. The number of amides is 2. The van der Waals surface area contributed by atoms with E-state index in [9.17, 15) is 9.59 Å². The molecule has 0 fully saturated rings. The summed E-state index contributed by atoms with van der Waals surface area (Å²) in [5.74, 6) is -0.633. The molecule has 2 rings (SSSR count). The third-order valence-corrected chi connectivity index (χ3v) is 3.61. The number of benzene rings is 1. The van der Waals surface area contributed by atoms with E-state index in [2.05, 4.69) is 5.43 Å². The van der Waals surface area contributed by atoms with Crippen LogP contribution in [0.1, 0.15) is 41.6 Å². The molecular formula is C17H20ClN3O2. The highest BCUT2D eigenvalue weighted by Gasteiger charge is 2.30. The monoisotopic (exact) mass is 333 g/mol. The molecule has 0 atom stereocenters. The van der Waals surface area contributed by atoms with Crippen LogP contribution in [0.5, 0.6) is 0 Å². The minimum atomic E-state index is -0.580. The first-order chi connectivity index (χ1) is 10.7. The Morgan fingerprint density at radius 2 is 1.74 bits per heavy atom. The molecule has 5 nitrogen and oxygen atoms in total. The molecule has 1 aromatic heterocycles. The van der Waals surface area contributed by atoms with Gasteiger partial charge in [0.2, 0.25) is 0 Å². The molecule has 23 heavy (non-hydrogen) atoms. The minimum absolute atomic E-state index is 0.271. The van der Waals surface area contributed by atoms with Crippen LogP contribution in [0.25, 0.3) is 0 Å². The maximum absolute atomic E-state index is 12.8. The second-order valence-electron chi connectivity index (χ2n) is 6.26. The SMILES string of the molecule is Cn1cccc1C(=O)N(NC(=O)c1ccc(Cl)cc1)C(C)(C)C. The zero-order chi connectivity index (χ0) is 17.2. The Labute approximate surface area is 140 Å². The van der Waals surface area contributed by atoms with Crippen molar-refractivity contribution in [2.24, 2.45) is 7.05 Å². The zero-order valence-corrected chi connectivity index (χ0v) is 14.4. The Morgan fingerprint density at radius 1 is 1.13 bits per heavy atom. The topological polar surface area (TPSA) is 54.3 Å². The molecule has 0 saturated heterocycles. The van der Waals surface area contributed by atoms with Crippen molar-refractivity contribution in [3.63, 3.8) is 0 Å². The minimum Gasteiger partial charge on any atom is -0.347 e. The van der Waals surface area contributed by atoms with Crippen LogP contribution in [-0.2, 0) is 7.05 Å². The van der Waals surface area contributed by atoms with Crippen LogP contribution in [-0.4, -0.2) is 26.9 Å².